The Labute approximate surface area is 112 Å². The highest BCUT2D eigenvalue weighted by molar-refractivity contribution is 5.25. The van der Waals surface area contributed by atoms with Crippen molar-refractivity contribution in [3.63, 3.8) is 0 Å². The van der Waals surface area contributed by atoms with Gasteiger partial charge in [-0.15, -0.1) is 5.10 Å². The molecule has 0 radical (unpaired) electrons. The van der Waals surface area contributed by atoms with Crippen LogP contribution in [-0.2, 0) is 6.54 Å². The van der Waals surface area contributed by atoms with Crippen LogP contribution in [0.4, 0.5) is 6.01 Å². The van der Waals surface area contributed by atoms with Gasteiger partial charge in [-0.05, 0) is 33.6 Å². The molecule has 0 aliphatic heterocycles. The second-order valence-electron chi connectivity index (χ2n) is 5.39. The van der Waals surface area contributed by atoms with Crippen molar-refractivity contribution >= 4 is 6.01 Å². The third-order valence-electron chi connectivity index (χ3n) is 3.34. The quantitative estimate of drug-likeness (QED) is 0.896. The van der Waals surface area contributed by atoms with Gasteiger partial charge in [-0.25, -0.2) is 0 Å². The minimum atomic E-state index is 0.373. The van der Waals surface area contributed by atoms with E-state index in [-0.39, 0.29) is 0 Å². The molecular weight excluding hydrogens is 242 g/mol. The van der Waals surface area contributed by atoms with Gasteiger partial charge in [0.05, 0.1) is 5.69 Å². The Morgan fingerprint density at radius 3 is 2.84 bits per heavy atom. The summed E-state index contributed by atoms with van der Waals surface area (Å²) in [6.45, 7) is 6.90. The molecule has 1 aliphatic rings. The number of nitrogens with zero attached hydrogens (tertiary/aromatic N) is 4. The van der Waals surface area contributed by atoms with Crippen molar-refractivity contribution in [1.29, 1.82) is 0 Å². The summed E-state index contributed by atoms with van der Waals surface area (Å²) >= 11 is 0. The van der Waals surface area contributed by atoms with Crippen molar-refractivity contribution < 1.29 is 4.42 Å². The van der Waals surface area contributed by atoms with Gasteiger partial charge >= 0.3 is 6.01 Å². The van der Waals surface area contributed by atoms with E-state index in [9.17, 15) is 0 Å². The van der Waals surface area contributed by atoms with Crippen LogP contribution in [0.5, 0.6) is 0 Å². The first-order chi connectivity index (χ1) is 9.13. The summed E-state index contributed by atoms with van der Waals surface area (Å²) in [4.78, 5) is 0. The average Bonchev–Trinajstić information content (AvgIpc) is 2.99. The van der Waals surface area contributed by atoms with Crippen LogP contribution in [0.3, 0.4) is 0 Å². The lowest BCUT2D eigenvalue weighted by Gasteiger charge is -2.03. The standard InChI is InChI=1S/C13H19N5O/c1-8(2)18-7-11(9(3)17-18)6-14-13-16-15-12(19-13)10-4-5-10/h7-8,10H,4-6H2,1-3H3,(H,14,16). The van der Waals surface area contributed by atoms with Crippen LogP contribution >= 0.6 is 0 Å². The van der Waals surface area contributed by atoms with Gasteiger partial charge < -0.3 is 9.73 Å². The molecule has 2 aromatic heterocycles. The monoisotopic (exact) mass is 261 g/mol. The molecule has 0 spiro atoms. The van der Waals surface area contributed by atoms with Crippen molar-refractivity contribution in [3.8, 4) is 0 Å². The van der Waals surface area contributed by atoms with Gasteiger partial charge in [-0.3, -0.25) is 4.68 Å². The number of hydrogen-bond acceptors (Lipinski definition) is 5. The summed E-state index contributed by atoms with van der Waals surface area (Å²) in [7, 11) is 0. The molecule has 1 fully saturated rings. The first-order valence-electron chi connectivity index (χ1n) is 6.75. The fraction of sp³-hybridized carbons (Fsp3) is 0.615. The zero-order valence-corrected chi connectivity index (χ0v) is 11.6. The topological polar surface area (TPSA) is 68.8 Å². The first-order valence-corrected chi connectivity index (χ1v) is 6.75. The summed E-state index contributed by atoms with van der Waals surface area (Å²) in [5.74, 6) is 1.26. The molecule has 6 heteroatoms. The lowest BCUT2D eigenvalue weighted by atomic mass is 10.2. The smallest absolute Gasteiger partial charge is 0.315 e. The van der Waals surface area contributed by atoms with Gasteiger partial charge in [0.15, 0.2) is 0 Å². The number of rotatable bonds is 5. The summed E-state index contributed by atoms with van der Waals surface area (Å²) < 4.78 is 7.53. The molecule has 1 saturated carbocycles. The molecule has 3 rings (SSSR count). The zero-order valence-electron chi connectivity index (χ0n) is 11.6. The summed E-state index contributed by atoms with van der Waals surface area (Å²) in [6, 6.07) is 0.871. The Kier molecular flexibility index (Phi) is 3.00. The molecule has 0 aromatic carbocycles. The Morgan fingerprint density at radius 2 is 2.21 bits per heavy atom. The summed E-state index contributed by atoms with van der Waals surface area (Å²) in [5, 5.41) is 15.7. The van der Waals surface area contributed by atoms with Gasteiger partial charge in [-0.2, -0.15) is 5.10 Å². The lowest BCUT2D eigenvalue weighted by molar-refractivity contribution is 0.507. The zero-order chi connectivity index (χ0) is 13.4. The second-order valence-corrected chi connectivity index (χ2v) is 5.39. The number of nitrogens with one attached hydrogen (secondary N) is 1. The molecule has 0 bridgehead atoms. The SMILES string of the molecule is Cc1nn(C(C)C)cc1CNc1nnc(C2CC2)o1. The highest BCUT2D eigenvalue weighted by Crippen LogP contribution is 2.39. The number of hydrogen-bond donors (Lipinski definition) is 1. The van der Waals surface area contributed by atoms with E-state index in [1.165, 1.54) is 12.8 Å². The molecular formula is C13H19N5O. The van der Waals surface area contributed by atoms with Crippen molar-refractivity contribution in [3.05, 3.63) is 23.3 Å². The maximum absolute atomic E-state index is 5.56. The Morgan fingerprint density at radius 1 is 1.42 bits per heavy atom. The lowest BCUT2D eigenvalue weighted by Crippen LogP contribution is -2.01. The van der Waals surface area contributed by atoms with Gasteiger partial charge in [0, 0.05) is 30.3 Å². The van der Waals surface area contributed by atoms with Crippen LogP contribution in [-0.4, -0.2) is 20.0 Å². The molecule has 102 valence electrons. The Bertz CT molecular complexity index is 567. The minimum absolute atomic E-state index is 0.373. The van der Waals surface area contributed by atoms with Gasteiger partial charge in [0.25, 0.3) is 0 Å². The van der Waals surface area contributed by atoms with E-state index >= 15 is 0 Å². The second kappa shape index (κ2) is 4.68. The van der Waals surface area contributed by atoms with E-state index in [1.54, 1.807) is 0 Å². The van der Waals surface area contributed by atoms with Crippen LogP contribution in [0.2, 0.25) is 0 Å². The van der Waals surface area contributed by atoms with Crippen LogP contribution in [0.25, 0.3) is 0 Å². The highest BCUT2D eigenvalue weighted by Gasteiger charge is 2.29. The van der Waals surface area contributed by atoms with Crippen molar-refractivity contribution in [1.82, 2.24) is 20.0 Å². The molecule has 6 nitrogen and oxygen atoms in total. The fourth-order valence-corrected chi connectivity index (χ4v) is 1.93. The molecule has 1 aliphatic carbocycles. The average molecular weight is 261 g/mol. The van der Waals surface area contributed by atoms with E-state index in [4.69, 9.17) is 4.42 Å². The minimum Gasteiger partial charge on any atom is -0.408 e. The molecule has 2 heterocycles. The van der Waals surface area contributed by atoms with E-state index in [0.29, 0.717) is 24.5 Å². The van der Waals surface area contributed by atoms with Crippen LogP contribution < -0.4 is 5.32 Å². The summed E-state index contributed by atoms with van der Waals surface area (Å²) in [6.07, 6.45) is 4.40. The van der Waals surface area contributed by atoms with E-state index in [2.05, 4.69) is 40.7 Å². The maximum Gasteiger partial charge on any atom is 0.315 e. The molecule has 2 aromatic rings. The normalized spacial score (nSPS) is 15.2. The molecule has 1 N–H and O–H groups in total. The Balaban J connectivity index is 1.64. The fourth-order valence-electron chi connectivity index (χ4n) is 1.93. The van der Waals surface area contributed by atoms with Gasteiger partial charge in [0.1, 0.15) is 0 Å². The third kappa shape index (κ3) is 2.62. The first kappa shape index (κ1) is 12.2. The van der Waals surface area contributed by atoms with Crippen LogP contribution in [0.15, 0.2) is 10.6 Å². The molecule has 0 amide bonds. The van der Waals surface area contributed by atoms with E-state index in [1.807, 2.05) is 11.6 Å². The third-order valence-corrected chi connectivity index (χ3v) is 3.34. The van der Waals surface area contributed by atoms with E-state index < -0.39 is 0 Å². The largest absolute Gasteiger partial charge is 0.408 e. The Hall–Kier alpha value is -1.85. The maximum atomic E-state index is 5.56. The molecule has 0 atom stereocenters. The molecule has 19 heavy (non-hydrogen) atoms. The van der Waals surface area contributed by atoms with Crippen LogP contribution in [0, 0.1) is 6.92 Å². The van der Waals surface area contributed by atoms with Crippen molar-refractivity contribution in [2.24, 2.45) is 0 Å². The molecule has 0 saturated heterocycles. The van der Waals surface area contributed by atoms with Gasteiger partial charge in [-0.1, -0.05) is 5.10 Å². The number of aryl methyl sites for hydroxylation is 1. The predicted octanol–water partition coefficient (Wildman–Crippen LogP) is 2.64. The molecule has 0 unspecified atom stereocenters. The van der Waals surface area contributed by atoms with Crippen molar-refractivity contribution in [2.45, 2.75) is 52.1 Å². The van der Waals surface area contributed by atoms with Crippen molar-refractivity contribution in [2.75, 3.05) is 5.32 Å². The summed E-state index contributed by atoms with van der Waals surface area (Å²) in [5.41, 5.74) is 2.18. The van der Waals surface area contributed by atoms with Gasteiger partial charge in [0.2, 0.25) is 5.89 Å². The van der Waals surface area contributed by atoms with E-state index in [0.717, 1.165) is 17.1 Å². The highest BCUT2D eigenvalue weighted by atomic mass is 16.4. The van der Waals surface area contributed by atoms with Crippen LogP contribution in [0.1, 0.15) is 55.8 Å². The number of aromatic nitrogens is 4. The predicted molar refractivity (Wildman–Crippen MR) is 70.9 cm³/mol. The number of anilines is 1.